The van der Waals surface area contributed by atoms with Gasteiger partial charge in [0.15, 0.2) is 5.13 Å². The summed E-state index contributed by atoms with van der Waals surface area (Å²) in [7, 11) is 1.62. The summed E-state index contributed by atoms with van der Waals surface area (Å²) in [5.41, 5.74) is 1.56. The Hall–Kier alpha value is -2.58. The van der Waals surface area contributed by atoms with E-state index in [-0.39, 0.29) is 17.6 Å². The Morgan fingerprint density at radius 3 is 2.79 bits per heavy atom. The van der Waals surface area contributed by atoms with Gasteiger partial charge in [-0.05, 0) is 42.8 Å². The van der Waals surface area contributed by atoms with Crippen molar-refractivity contribution < 1.29 is 14.3 Å². The second-order valence-corrected chi connectivity index (χ2v) is 8.09. The fraction of sp³-hybridized carbons (Fsp3) is 0.250. The number of fused-ring (bicyclic) bond motifs is 1. The summed E-state index contributed by atoms with van der Waals surface area (Å²) < 4.78 is 6.17. The summed E-state index contributed by atoms with van der Waals surface area (Å²) in [5.74, 6) is 0.882. The van der Waals surface area contributed by atoms with Gasteiger partial charge in [-0.15, -0.1) is 11.8 Å². The first-order valence-electron chi connectivity index (χ1n) is 8.84. The molecule has 6 nitrogen and oxygen atoms in total. The zero-order valence-electron chi connectivity index (χ0n) is 15.7. The molecule has 2 N–H and O–H groups in total. The molecule has 0 aliphatic rings. The Labute approximate surface area is 171 Å². The number of nitrogens with zero attached hydrogens (tertiary/aromatic N) is 1. The zero-order valence-corrected chi connectivity index (χ0v) is 17.3. The second kappa shape index (κ2) is 9.57. The van der Waals surface area contributed by atoms with Crippen molar-refractivity contribution in [2.24, 2.45) is 0 Å². The number of thioether (sulfide) groups is 1. The van der Waals surface area contributed by atoms with Gasteiger partial charge in [-0.2, -0.15) is 0 Å². The maximum absolute atomic E-state index is 12.3. The van der Waals surface area contributed by atoms with E-state index in [9.17, 15) is 9.59 Å². The predicted molar refractivity (Wildman–Crippen MR) is 116 cm³/mol. The molecule has 0 radical (unpaired) electrons. The third kappa shape index (κ3) is 5.46. The van der Waals surface area contributed by atoms with E-state index in [1.807, 2.05) is 49.4 Å². The summed E-state index contributed by atoms with van der Waals surface area (Å²) in [6.07, 6.45) is 1.30. The van der Waals surface area contributed by atoms with Gasteiger partial charge in [-0.1, -0.05) is 24.3 Å². The molecule has 0 aliphatic heterocycles. The molecule has 0 bridgehead atoms. The molecule has 1 heterocycles. The molecule has 28 heavy (non-hydrogen) atoms. The molecule has 2 amide bonds. The summed E-state index contributed by atoms with van der Waals surface area (Å²) in [6.45, 7) is 1.96. The van der Waals surface area contributed by atoms with Crippen molar-refractivity contribution in [2.75, 3.05) is 23.5 Å². The highest BCUT2D eigenvalue weighted by atomic mass is 32.2. The average Bonchev–Trinajstić information content (AvgIpc) is 3.08. The SMILES string of the molecule is CCCC(=O)Nc1cccc(SCC(=O)Nc2nc3ccc(OC)cc3s2)c1. The van der Waals surface area contributed by atoms with E-state index in [1.54, 1.807) is 7.11 Å². The minimum atomic E-state index is -0.128. The van der Waals surface area contributed by atoms with Gasteiger partial charge in [0.25, 0.3) is 0 Å². The van der Waals surface area contributed by atoms with Crippen molar-refractivity contribution in [3.8, 4) is 5.75 Å². The van der Waals surface area contributed by atoms with Gasteiger partial charge in [0.1, 0.15) is 5.75 Å². The highest BCUT2D eigenvalue weighted by Crippen LogP contribution is 2.29. The number of benzene rings is 2. The van der Waals surface area contributed by atoms with Gasteiger partial charge in [-0.3, -0.25) is 9.59 Å². The number of ether oxygens (including phenoxy) is 1. The topological polar surface area (TPSA) is 80.3 Å². The van der Waals surface area contributed by atoms with Gasteiger partial charge in [0.05, 0.1) is 23.1 Å². The number of rotatable bonds is 8. The van der Waals surface area contributed by atoms with Crippen LogP contribution in [0.4, 0.5) is 10.8 Å². The van der Waals surface area contributed by atoms with Crippen molar-refractivity contribution >= 4 is 55.9 Å². The van der Waals surface area contributed by atoms with E-state index < -0.39 is 0 Å². The third-order valence-electron chi connectivity index (χ3n) is 3.81. The summed E-state index contributed by atoms with van der Waals surface area (Å²) in [4.78, 5) is 29.3. The van der Waals surface area contributed by atoms with Crippen LogP contribution in [0.25, 0.3) is 10.2 Å². The number of thiazole rings is 1. The fourth-order valence-corrected chi connectivity index (χ4v) is 4.17. The Bertz CT molecular complexity index is 988. The molecular weight excluding hydrogens is 394 g/mol. The van der Waals surface area contributed by atoms with Crippen LogP contribution in [0.15, 0.2) is 47.4 Å². The third-order valence-corrected chi connectivity index (χ3v) is 5.73. The van der Waals surface area contributed by atoms with Crippen LogP contribution in [-0.2, 0) is 9.59 Å². The highest BCUT2D eigenvalue weighted by Gasteiger charge is 2.10. The van der Waals surface area contributed by atoms with E-state index in [0.29, 0.717) is 11.6 Å². The number of methoxy groups -OCH3 is 1. The number of hydrogen-bond donors (Lipinski definition) is 2. The van der Waals surface area contributed by atoms with Crippen molar-refractivity contribution in [2.45, 2.75) is 24.7 Å². The Kier molecular flexibility index (Phi) is 6.89. The quantitative estimate of drug-likeness (QED) is 0.518. The van der Waals surface area contributed by atoms with E-state index in [2.05, 4.69) is 15.6 Å². The highest BCUT2D eigenvalue weighted by molar-refractivity contribution is 8.00. The van der Waals surface area contributed by atoms with E-state index in [0.717, 1.165) is 33.0 Å². The van der Waals surface area contributed by atoms with Gasteiger partial charge in [0, 0.05) is 17.0 Å². The van der Waals surface area contributed by atoms with Crippen LogP contribution in [0.1, 0.15) is 19.8 Å². The molecule has 0 fully saturated rings. The number of aromatic nitrogens is 1. The largest absolute Gasteiger partial charge is 0.497 e. The first kappa shape index (κ1) is 20.2. The van der Waals surface area contributed by atoms with Gasteiger partial charge < -0.3 is 15.4 Å². The summed E-state index contributed by atoms with van der Waals surface area (Å²) in [5, 5.41) is 6.27. The first-order chi connectivity index (χ1) is 13.6. The van der Waals surface area contributed by atoms with Crippen LogP contribution in [-0.4, -0.2) is 29.7 Å². The molecule has 146 valence electrons. The number of nitrogens with one attached hydrogen (secondary N) is 2. The number of anilines is 2. The van der Waals surface area contributed by atoms with Crippen molar-refractivity contribution in [1.29, 1.82) is 0 Å². The van der Waals surface area contributed by atoms with Gasteiger partial charge in [-0.25, -0.2) is 4.98 Å². The molecule has 1 aromatic heterocycles. The van der Waals surface area contributed by atoms with Gasteiger partial charge >= 0.3 is 0 Å². The lowest BCUT2D eigenvalue weighted by Crippen LogP contribution is -2.13. The predicted octanol–water partition coefficient (Wildman–Crippen LogP) is 4.77. The number of hydrogen-bond acceptors (Lipinski definition) is 6. The maximum Gasteiger partial charge on any atom is 0.236 e. The van der Waals surface area contributed by atoms with Crippen LogP contribution in [0.3, 0.4) is 0 Å². The van der Waals surface area contributed by atoms with Crippen LogP contribution >= 0.6 is 23.1 Å². The molecule has 3 rings (SSSR count). The van der Waals surface area contributed by atoms with E-state index >= 15 is 0 Å². The second-order valence-electron chi connectivity index (χ2n) is 6.02. The maximum atomic E-state index is 12.3. The van der Waals surface area contributed by atoms with E-state index in [4.69, 9.17) is 4.74 Å². The summed E-state index contributed by atoms with van der Waals surface area (Å²) in [6, 6.07) is 13.1. The molecule has 8 heteroatoms. The lowest BCUT2D eigenvalue weighted by molar-refractivity contribution is -0.116. The lowest BCUT2D eigenvalue weighted by Gasteiger charge is -2.07. The lowest BCUT2D eigenvalue weighted by atomic mass is 10.3. The van der Waals surface area contributed by atoms with Crippen LogP contribution in [0, 0.1) is 0 Å². The van der Waals surface area contributed by atoms with Crippen molar-refractivity contribution in [1.82, 2.24) is 4.98 Å². The number of carbonyl (C=O) groups excluding carboxylic acids is 2. The number of carbonyl (C=O) groups is 2. The molecule has 3 aromatic rings. The molecule has 0 spiro atoms. The molecule has 0 aliphatic carbocycles. The van der Waals surface area contributed by atoms with Crippen LogP contribution in [0.5, 0.6) is 5.75 Å². The first-order valence-corrected chi connectivity index (χ1v) is 10.6. The minimum absolute atomic E-state index is 0.00476. The Morgan fingerprint density at radius 1 is 1.14 bits per heavy atom. The molecule has 0 atom stereocenters. The molecule has 2 aromatic carbocycles. The summed E-state index contributed by atoms with van der Waals surface area (Å²) >= 11 is 2.82. The normalized spacial score (nSPS) is 10.6. The zero-order chi connectivity index (χ0) is 19.9. The average molecular weight is 416 g/mol. The van der Waals surface area contributed by atoms with Crippen LogP contribution < -0.4 is 15.4 Å². The van der Waals surface area contributed by atoms with Crippen molar-refractivity contribution in [3.05, 3.63) is 42.5 Å². The molecule has 0 saturated heterocycles. The Balaban J connectivity index is 1.56. The molecular formula is C20H21N3O3S2. The van der Waals surface area contributed by atoms with Crippen LogP contribution in [0.2, 0.25) is 0 Å². The smallest absolute Gasteiger partial charge is 0.236 e. The number of amides is 2. The monoisotopic (exact) mass is 415 g/mol. The Morgan fingerprint density at radius 2 is 2.00 bits per heavy atom. The standard InChI is InChI=1S/C20H21N3O3S2/c1-3-5-18(24)21-13-6-4-7-15(10-13)27-12-19(25)23-20-22-16-9-8-14(26-2)11-17(16)28-20/h4,6-11H,3,5,12H2,1-2H3,(H,21,24)(H,22,23,25). The van der Waals surface area contributed by atoms with Crippen molar-refractivity contribution in [3.63, 3.8) is 0 Å². The fourth-order valence-electron chi connectivity index (χ4n) is 2.50. The molecule has 0 unspecified atom stereocenters. The molecule has 0 saturated carbocycles. The van der Waals surface area contributed by atoms with E-state index in [1.165, 1.54) is 23.1 Å². The van der Waals surface area contributed by atoms with Gasteiger partial charge in [0.2, 0.25) is 11.8 Å². The minimum Gasteiger partial charge on any atom is -0.497 e.